The van der Waals surface area contributed by atoms with E-state index in [0.29, 0.717) is 17.6 Å². The fourth-order valence-corrected chi connectivity index (χ4v) is 2.06. The fraction of sp³-hybridized carbons (Fsp3) is 0.632. The number of hydrogen-bond acceptors (Lipinski definition) is 9. The van der Waals surface area contributed by atoms with E-state index >= 15 is 0 Å². The van der Waals surface area contributed by atoms with Crippen molar-refractivity contribution in [1.82, 2.24) is 19.5 Å². The molecule has 0 radical (unpaired) electrons. The number of nitrogens with zero attached hydrogens (tertiary/aromatic N) is 4. The molecule has 2 N–H and O–H groups in total. The average molecular weight is 407 g/mol. The highest BCUT2D eigenvalue weighted by atomic mass is 16.7. The Bertz CT molecular complexity index is 866. The van der Waals surface area contributed by atoms with Crippen molar-refractivity contribution in [3.63, 3.8) is 0 Å². The van der Waals surface area contributed by atoms with Gasteiger partial charge in [0.2, 0.25) is 5.95 Å². The normalized spacial score (nSPS) is 13.3. The summed E-state index contributed by atoms with van der Waals surface area (Å²) in [5.74, 6) is -0.680. The van der Waals surface area contributed by atoms with E-state index in [2.05, 4.69) is 15.0 Å². The Morgan fingerprint density at radius 2 is 1.72 bits per heavy atom. The molecule has 0 aliphatic carbocycles. The van der Waals surface area contributed by atoms with Crippen LogP contribution in [0.5, 0.6) is 0 Å². The van der Waals surface area contributed by atoms with Crippen LogP contribution in [0.15, 0.2) is 12.5 Å². The summed E-state index contributed by atoms with van der Waals surface area (Å²) >= 11 is 0. The molecule has 1 atom stereocenters. The van der Waals surface area contributed by atoms with Crippen molar-refractivity contribution in [3.8, 4) is 0 Å². The minimum atomic E-state index is -1.10. The number of anilines is 1. The number of fused-ring (bicyclic) bond motifs is 1. The van der Waals surface area contributed by atoms with Crippen molar-refractivity contribution >= 4 is 29.1 Å². The summed E-state index contributed by atoms with van der Waals surface area (Å²) in [6.45, 7) is 10.9. The zero-order valence-corrected chi connectivity index (χ0v) is 17.8. The van der Waals surface area contributed by atoms with Crippen molar-refractivity contribution in [2.24, 2.45) is 10.8 Å². The second kappa shape index (κ2) is 8.73. The van der Waals surface area contributed by atoms with Crippen LogP contribution in [0.3, 0.4) is 0 Å². The van der Waals surface area contributed by atoms with Crippen LogP contribution in [-0.4, -0.2) is 44.7 Å². The number of carbonyl (C=O) groups excluding carboxylic acids is 2. The molecule has 2 aromatic rings. The van der Waals surface area contributed by atoms with Gasteiger partial charge >= 0.3 is 11.9 Å². The summed E-state index contributed by atoms with van der Waals surface area (Å²) in [5, 5.41) is 0. The van der Waals surface area contributed by atoms with Crippen LogP contribution in [0.4, 0.5) is 5.95 Å². The summed E-state index contributed by atoms with van der Waals surface area (Å²) in [7, 11) is 0. The molecule has 0 spiro atoms. The summed E-state index contributed by atoms with van der Waals surface area (Å²) in [5.41, 5.74) is 5.23. The smallest absolute Gasteiger partial charge is 0.314 e. The van der Waals surface area contributed by atoms with Crippen molar-refractivity contribution in [2.45, 2.75) is 54.4 Å². The van der Waals surface area contributed by atoms with Crippen LogP contribution in [0.1, 0.15) is 54.4 Å². The second-order valence-corrected chi connectivity index (χ2v) is 8.66. The molecule has 10 heteroatoms. The van der Waals surface area contributed by atoms with Gasteiger partial charge in [-0.15, -0.1) is 0 Å². The number of carbonyl (C=O) groups is 2. The highest BCUT2D eigenvalue weighted by Gasteiger charge is 2.29. The highest BCUT2D eigenvalue weighted by Crippen LogP contribution is 2.24. The molecule has 2 rings (SSSR count). The SMILES string of the molecule is CC(C)(C)C(=O)OCCCOC(OC(=O)C(C)(C)C)n1cnc2cnc(N)nc21. The first-order valence-electron chi connectivity index (χ1n) is 9.34. The van der Waals surface area contributed by atoms with Crippen molar-refractivity contribution in [1.29, 1.82) is 0 Å². The quantitative estimate of drug-likeness (QED) is 0.417. The second-order valence-electron chi connectivity index (χ2n) is 8.66. The lowest BCUT2D eigenvalue weighted by atomic mass is 9.97. The lowest BCUT2D eigenvalue weighted by Crippen LogP contribution is -2.29. The number of hydrogen-bond donors (Lipinski definition) is 1. The standard InChI is InChI=1S/C19H29N5O5/c1-18(2,3)14(25)27-8-7-9-28-17(29-15(26)19(4,5)6)24-11-22-12-10-21-16(20)23-13(12)24/h10-11,17H,7-9H2,1-6H3,(H2,20,21,23). The van der Waals surface area contributed by atoms with E-state index in [-0.39, 0.29) is 25.1 Å². The lowest BCUT2D eigenvalue weighted by Gasteiger charge is -2.24. The molecule has 0 amide bonds. The summed E-state index contributed by atoms with van der Waals surface area (Å²) < 4.78 is 18.0. The lowest BCUT2D eigenvalue weighted by molar-refractivity contribution is -0.210. The summed E-state index contributed by atoms with van der Waals surface area (Å²) in [6.07, 6.45) is 2.25. The maximum atomic E-state index is 12.4. The Labute approximate surface area is 169 Å². The minimum Gasteiger partial charge on any atom is -0.465 e. The number of ether oxygens (including phenoxy) is 3. The van der Waals surface area contributed by atoms with Crippen LogP contribution < -0.4 is 5.73 Å². The Kier molecular flexibility index (Phi) is 6.78. The third-order valence-corrected chi connectivity index (χ3v) is 3.78. The van der Waals surface area contributed by atoms with Gasteiger partial charge in [-0.3, -0.25) is 14.2 Å². The molecule has 2 aromatic heterocycles. The maximum Gasteiger partial charge on any atom is 0.314 e. The first-order chi connectivity index (χ1) is 13.4. The molecule has 160 valence electrons. The molecule has 29 heavy (non-hydrogen) atoms. The van der Waals surface area contributed by atoms with Crippen LogP contribution in [0, 0.1) is 10.8 Å². The van der Waals surface area contributed by atoms with Crippen LogP contribution in [0.25, 0.3) is 11.2 Å². The predicted octanol–water partition coefficient (Wildman–Crippen LogP) is 2.45. The molecule has 10 nitrogen and oxygen atoms in total. The number of rotatable bonds is 7. The van der Waals surface area contributed by atoms with E-state index < -0.39 is 23.2 Å². The first-order valence-corrected chi connectivity index (χ1v) is 9.34. The highest BCUT2D eigenvalue weighted by molar-refractivity contribution is 5.76. The largest absolute Gasteiger partial charge is 0.465 e. The van der Waals surface area contributed by atoms with Gasteiger partial charge in [-0.2, -0.15) is 4.98 Å². The predicted molar refractivity (Wildman–Crippen MR) is 105 cm³/mol. The summed E-state index contributed by atoms with van der Waals surface area (Å²) in [4.78, 5) is 36.4. The van der Waals surface area contributed by atoms with Gasteiger partial charge in [0.05, 0.1) is 30.2 Å². The average Bonchev–Trinajstić information content (AvgIpc) is 3.01. The Balaban J connectivity index is 2.09. The molecule has 0 saturated carbocycles. The van der Waals surface area contributed by atoms with Gasteiger partial charge in [-0.05, 0) is 41.5 Å². The summed E-state index contributed by atoms with van der Waals surface area (Å²) in [6, 6.07) is 0. The van der Waals surface area contributed by atoms with E-state index in [1.807, 2.05) is 0 Å². The Morgan fingerprint density at radius 3 is 2.34 bits per heavy atom. The van der Waals surface area contributed by atoms with E-state index in [4.69, 9.17) is 19.9 Å². The third kappa shape index (κ3) is 6.11. The van der Waals surface area contributed by atoms with E-state index in [1.54, 1.807) is 41.5 Å². The van der Waals surface area contributed by atoms with Gasteiger partial charge in [0.15, 0.2) is 5.65 Å². The van der Waals surface area contributed by atoms with Crippen LogP contribution >= 0.6 is 0 Å². The van der Waals surface area contributed by atoms with Crippen molar-refractivity contribution < 1.29 is 23.8 Å². The Morgan fingerprint density at radius 1 is 1.07 bits per heavy atom. The minimum absolute atomic E-state index is 0.0641. The molecule has 0 aromatic carbocycles. The van der Waals surface area contributed by atoms with E-state index in [1.165, 1.54) is 17.1 Å². The monoisotopic (exact) mass is 407 g/mol. The van der Waals surface area contributed by atoms with Gasteiger partial charge in [-0.1, -0.05) is 0 Å². The van der Waals surface area contributed by atoms with Crippen LogP contribution in [-0.2, 0) is 23.8 Å². The molecule has 2 heterocycles. The number of nitrogens with two attached hydrogens (primary N) is 1. The third-order valence-electron chi connectivity index (χ3n) is 3.78. The maximum absolute atomic E-state index is 12.4. The number of nitrogen functional groups attached to an aromatic ring is 1. The molecule has 0 aliphatic heterocycles. The van der Waals surface area contributed by atoms with Gasteiger partial charge in [0.25, 0.3) is 6.41 Å². The van der Waals surface area contributed by atoms with Gasteiger partial charge in [-0.25, -0.2) is 9.97 Å². The van der Waals surface area contributed by atoms with E-state index in [9.17, 15) is 9.59 Å². The molecular formula is C19H29N5O5. The van der Waals surface area contributed by atoms with Crippen molar-refractivity contribution in [2.75, 3.05) is 18.9 Å². The Hall–Kier alpha value is -2.75. The molecule has 0 fully saturated rings. The number of aromatic nitrogens is 4. The zero-order chi connectivity index (χ0) is 21.8. The number of imidazole rings is 1. The molecule has 0 bridgehead atoms. The van der Waals surface area contributed by atoms with Gasteiger partial charge < -0.3 is 19.9 Å². The number of esters is 2. The van der Waals surface area contributed by atoms with Gasteiger partial charge in [0, 0.05) is 6.42 Å². The first kappa shape index (κ1) is 22.5. The molecule has 1 unspecified atom stereocenters. The fourth-order valence-electron chi connectivity index (χ4n) is 2.06. The molecule has 0 saturated heterocycles. The van der Waals surface area contributed by atoms with Crippen molar-refractivity contribution in [3.05, 3.63) is 12.5 Å². The van der Waals surface area contributed by atoms with Gasteiger partial charge in [0.1, 0.15) is 11.8 Å². The van der Waals surface area contributed by atoms with E-state index in [0.717, 1.165) is 0 Å². The topological polar surface area (TPSA) is 131 Å². The zero-order valence-electron chi connectivity index (χ0n) is 17.8. The molecular weight excluding hydrogens is 378 g/mol. The molecule has 0 aliphatic rings. The van der Waals surface area contributed by atoms with Crippen LogP contribution in [0.2, 0.25) is 0 Å².